The first-order valence-electron chi connectivity index (χ1n) is 10.3. The molecule has 0 bridgehead atoms. The zero-order chi connectivity index (χ0) is 22.7. The second-order valence-electron chi connectivity index (χ2n) is 7.47. The Morgan fingerprint density at radius 1 is 1.34 bits per heavy atom. The first-order chi connectivity index (χ1) is 15.5. The van der Waals surface area contributed by atoms with E-state index in [0.29, 0.717) is 16.5 Å². The van der Waals surface area contributed by atoms with Crippen LogP contribution < -0.4 is 5.32 Å². The fourth-order valence-electron chi connectivity index (χ4n) is 3.56. The van der Waals surface area contributed by atoms with Crippen molar-refractivity contribution >= 4 is 40.0 Å². The number of thioether (sulfide) groups is 1. The average molecular weight is 476 g/mol. The second kappa shape index (κ2) is 9.83. The van der Waals surface area contributed by atoms with Crippen LogP contribution in [0.15, 0.2) is 33.9 Å². The summed E-state index contributed by atoms with van der Waals surface area (Å²) in [6.45, 7) is 4.21. The quantitative estimate of drug-likeness (QED) is 0.381. The van der Waals surface area contributed by atoms with Gasteiger partial charge < -0.3 is 14.5 Å². The normalized spacial score (nSPS) is 15.3. The Kier molecular flexibility index (Phi) is 6.90. The molecule has 1 N–H and O–H groups in total. The number of halogens is 1. The van der Waals surface area contributed by atoms with Gasteiger partial charge in [-0.05, 0) is 49.8 Å². The maximum absolute atomic E-state index is 13.9. The number of hydrogen-bond acceptors (Lipinski definition) is 8. The number of nitrogens with one attached hydrogen (secondary N) is 1. The molecule has 3 aromatic rings. The minimum atomic E-state index is -0.465. The number of esters is 1. The summed E-state index contributed by atoms with van der Waals surface area (Å²) in [7, 11) is 0. The number of fused-ring (bicyclic) bond motifs is 1. The molecule has 2 heterocycles. The molecule has 0 spiro atoms. The molecule has 1 aliphatic rings. The number of carbonyl (C=O) groups is 2. The lowest BCUT2D eigenvalue weighted by molar-refractivity contribution is -0.113. The first-order valence-corrected chi connectivity index (χ1v) is 12.1. The van der Waals surface area contributed by atoms with Gasteiger partial charge in [-0.15, -0.1) is 21.5 Å². The van der Waals surface area contributed by atoms with Crippen molar-refractivity contribution in [2.24, 2.45) is 5.92 Å². The fourth-order valence-corrected chi connectivity index (χ4v) is 5.54. The summed E-state index contributed by atoms with van der Waals surface area (Å²) in [5.41, 5.74) is 1.66. The Morgan fingerprint density at radius 3 is 2.94 bits per heavy atom. The molecule has 0 aliphatic heterocycles. The highest BCUT2D eigenvalue weighted by atomic mass is 32.2. The molecule has 1 amide bonds. The lowest BCUT2D eigenvalue weighted by atomic mass is 9.88. The van der Waals surface area contributed by atoms with Crippen LogP contribution in [0.4, 0.5) is 9.39 Å². The predicted octanol–water partition coefficient (Wildman–Crippen LogP) is 4.97. The van der Waals surface area contributed by atoms with E-state index in [2.05, 4.69) is 22.4 Å². The zero-order valence-corrected chi connectivity index (χ0v) is 19.3. The van der Waals surface area contributed by atoms with Crippen LogP contribution in [0.2, 0.25) is 0 Å². The van der Waals surface area contributed by atoms with Crippen LogP contribution >= 0.6 is 23.1 Å². The van der Waals surface area contributed by atoms with Crippen molar-refractivity contribution in [1.29, 1.82) is 0 Å². The maximum Gasteiger partial charge on any atom is 0.341 e. The maximum atomic E-state index is 13.9. The van der Waals surface area contributed by atoms with Crippen LogP contribution in [-0.2, 0) is 22.4 Å². The average Bonchev–Trinajstić information content (AvgIpc) is 3.36. The molecular weight excluding hydrogens is 453 g/mol. The Morgan fingerprint density at radius 2 is 2.16 bits per heavy atom. The van der Waals surface area contributed by atoms with Gasteiger partial charge in [0.1, 0.15) is 10.8 Å². The van der Waals surface area contributed by atoms with E-state index in [9.17, 15) is 14.0 Å². The summed E-state index contributed by atoms with van der Waals surface area (Å²) in [4.78, 5) is 26.3. The molecule has 1 aliphatic carbocycles. The summed E-state index contributed by atoms with van der Waals surface area (Å²) in [6, 6.07) is 6.09. The van der Waals surface area contributed by atoms with Gasteiger partial charge in [0.05, 0.1) is 23.5 Å². The van der Waals surface area contributed by atoms with E-state index in [0.717, 1.165) is 41.5 Å². The smallest absolute Gasteiger partial charge is 0.341 e. The number of hydrogen-bond donors (Lipinski definition) is 1. The van der Waals surface area contributed by atoms with E-state index in [1.807, 2.05) is 0 Å². The van der Waals surface area contributed by atoms with Crippen molar-refractivity contribution in [2.75, 3.05) is 17.7 Å². The number of aromatic nitrogens is 2. The molecule has 32 heavy (non-hydrogen) atoms. The molecule has 1 unspecified atom stereocenters. The summed E-state index contributed by atoms with van der Waals surface area (Å²) >= 11 is 2.48. The Bertz CT molecular complexity index is 1140. The number of nitrogens with zero attached hydrogens (tertiary/aromatic N) is 2. The summed E-state index contributed by atoms with van der Waals surface area (Å²) in [5, 5.41) is 11.2. The third kappa shape index (κ3) is 4.86. The second-order valence-corrected chi connectivity index (χ2v) is 9.50. The monoisotopic (exact) mass is 475 g/mol. The topological polar surface area (TPSA) is 94.3 Å². The van der Waals surface area contributed by atoms with Crippen molar-refractivity contribution < 1.29 is 23.1 Å². The van der Waals surface area contributed by atoms with E-state index >= 15 is 0 Å². The van der Waals surface area contributed by atoms with Gasteiger partial charge in [0.2, 0.25) is 5.91 Å². The van der Waals surface area contributed by atoms with Gasteiger partial charge in [0.25, 0.3) is 11.1 Å². The van der Waals surface area contributed by atoms with Crippen LogP contribution in [0.5, 0.6) is 0 Å². The van der Waals surface area contributed by atoms with E-state index in [4.69, 9.17) is 9.15 Å². The lowest BCUT2D eigenvalue weighted by Gasteiger charge is -2.18. The van der Waals surface area contributed by atoms with Crippen molar-refractivity contribution in [3.63, 3.8) is 0 Å². The highest BCUT2D eigenvalue weighted by Crippen LogP contribution is 2.40. The van der Waals surface area contributed by atoms with Crippen LogP contribution in [-0.4, -0.2) is 34.4 Å². The van der Waals surface area contributed by atoms with E-state index in [1.165, 1.54) is 17.4 Å². The van der Waals surface area contributed by atoms with Gasteiger partial charge in [-0.25, -0.2) is 9.18 Å². The predicted molar refractivity (Wildman–Crippen MR) is 121 cm³/mol. The summed E-state index contributed by atoms with van der Waals surface area (Å²) in [5.74, 6) is -0.591. The number of rotatable bonds is 7. The molecule has 0 radical (unpaired) electrons. The van der Waals surface area contributed by atoms with Gasteiger partial charge >= 0.3 is 5.97 Å². The van der Waals surface area contributed by atoms with Gasteiger partial charge in [0, 0.05) is 4.88 Å². The van der Waals surface area contributed by atoms with Crippen LogP contribution in [0.25, 0.3) is 11.5 Å². The fraction of sp³-hybridized carbons (Fsp3) is 0.364. The third-order valence-electron chi connectivity index (χ3n) is 5.08. The minimum Gasteiger partial charge on any atom is -0.462 e. The standard InChI is InChI=1S/C22H22FN3O4S2/c1-3-29-21(28)18-14-9-8-12(2)10-16(14)32-20(18)24-17(27)11-31-22-26-25-19(30-22)13-6-4-5-7-15(13)23/h4-7,12H,3,8-11H2,1-2H3,(H,24,27). The van der Waals surface area contributed by atoms with Gasteiger partial charge in [-0.1, -0.05) is 30.8 Å². The van der Waals surface area contributed by atoms with Crippen LogP contribution in [0.3, 0.4) is 0 Å². The summed E-state index contributed by atoms with van der Waals surface area (Å²) in [6.07, 6.45) is 2.69. The van der Waals surface area contributed by atoms with Crippen LogP contribution in [0.1, 0.15) is 41.1 Å². The molecule has 0 saturated heterocycles. The third-order valence-corrected chi connectivity index (χ3v) is 7.07. The number of carbonyl (C=O) groups excluding carboxylic acids is 2. The number of benzene rings is 1. The largest absolute Gasteiger partial charge is 0.462 e. The van der Waals surface area contributed by atoms with Crippen molar-refractivity contribution in [3.05, 3.63) is 46.1 Å². The van der Waals surface area contributed by atoms with Gasteiger partial charge in [-0.2, -0.15) is 0 Å². The molecule has 0 saturated carbocycles. The van der Waals surface area contributed by atoms with Crippen molar-refractivity contribution in [1.82, 2.24) is 10.2 Å². The van der Waals surface area contributed by atoms with Crippen LogP contribution in [0, 0.1) is 11.7 Å². The minimum absolute atomic E-state index is 0.000139. The highest BCUT2D eigenvalue weighted by molar-refractivity contribution is 7.99. The molecule has 168 valence electrons. The molecule has 2 aromatic heterocycles. The zero-order valence-electron chi connectivity index (χ0n) is 17.6. The number of ether oxygens (including phenoxy) is 1. The molecule has 7 nitrogen and oxygen atoms in total. The van der Waals surface area contributed by atoms with Crippen molar-refractivity contribution in [3.8, 4) is 11.5 Å². The van der Waals surface area contributed by atoms with Gasteiger partial charge in [0.15, 0.2) is 0 Å². The highest BCUT2D eigenvalue weighted by Gasteiger charge is 2.29. The number of amides is 1. The SMILES string of the molecule is CCOC(=O)c1c(NC(=O)CSc2nnc(-c3ccccc3F)o2)sc2c1CCC(C)C2. The Balaban J connectivity index is 1.44. The number of anilines is 1. The Labute approximate surface area is 192 Å². The number of thiophene rings is 1. The van der Waals surface area contributed by atoms with Gasteiger partial charge in [-0.3, -0.25) is 4.79 Å². The molecule has 4 rings (SSSR count). The molecular formula is C22H22FN3O4S2. The molecule has 1 atom stereocenters. The van der Waals surface area contributed by atoms with Crippen molar-refractivity contribution in [2.45, 2.75) is 38.3 Å². The van der Waals surface area contributed by atoms with E-state index in [-0.39, 0.29) is 34.9 Å². The summed E-state index contributed by atoms with van der Waals surface area (Å²) < 4.78 is 24.6. The molecule has 0 fully saturated rings. The lowest BCUT2D eigenvalue weighted by Crippen LogP contribution is -2.17. The molecule has 1 aromatic carbocycles. The van der Waals surface area contributed by atoms with E-state index < -0.39 is 11.8 Å². The molecule has 10 heteroatoms. The van der Waals surface area contributed by atoms with E-state index in [1.54, 1.807) is 25.1 Å². The first kappa shape index (κ1) is 22.5. The Hall–Kier alpha value is -2.72.